The van der Waals surface area contributed by atoms with Crippen LogP contribution in [0.3, 0.4) is 0 Å². The van der Waals surface area contributed by atoms with Crippen molar-refractivity contribution in [2.75, 3.05) is 11.4 Å². The van der Waals surface area contributed by atoms with Crippen LogP contribution in [0.1, 0.15) is 10.4 Å². The number of hydrogen-bond acceptors (Lipinski definition) is 2. The fraction of sp³-hybridized carbons (Fsp3) is 0.0909. The lowest BCUT2D eigenvalue weighted by Gasteiger charge is -2.15. The number of anilines is 1. The number of nitrogens with one attached hydrogen (secondary N) is 1. The summed E-state index contributed by atoms with van der Waals surface area (Å²) in [5, 5.41) is 7.63. The molecule has 14 heavy (non-hydrogen) atoms. The van der Waals surface area contributed by atoms with Gasteiger partial charge in [0.05, 0.1) is 5.69 Å². The lowest BCUT2D eigenvalue weighted by Crippen LogP contribution is -2.28. The Bertz CT molecular complexity index is 423. The van der Waals surface area contributed by atoms with E-state index in [4.69, 9.17) is 5.41 Å². The molecule has 0 aromatic heterocycles. The third kappa shape index (κ3) is 1.06. The number of benzene rings is 1. The predicted octanol–water partition coefficient (Wildman–Crippen LogP) is 1.85. The smallest absolute Gasteiger partial charge is 0.229 e. The first-order valence-corrected chi connectivity index (χ1v) is 4.36. The molecule has 1 aromatic carbocycles. The maximum Gasteiger partial charge on any atom is 0.229 e. The second-order valence-electron chi connectivity index (χ2n) is 3.09. The summed E-state index contributed by atoms with van der Waals surface area (Å²) in [5.41, 5.74) is 1.42. The molecule has 70 valence electrons. The zero-order valence-electron chi connectivity index (χ0n) is 7.66. The average molecular weight is 186 g/mol. The summed E-state index contributed by atoms with van der Waals surface area (Å²) in [4.78, 5) is 13.2. The van der Waals surface area contributed by atoms with Crippen LogP contribution in [0, 0.1) is 5.41 Å². The Balaban J connectivity index is 2.52. The van der Waals surface area contributed by atoms with Crippen molar-refractivity contribution in [1.82, 2.24) is 0 Å². The molecule has 0 unspecified atom stereocenters. The van der Waals surface area contributed by atoms with Crippen LogP contribution in [0.5, 0.6) is 0 Å². The molecule has 0 spiro atoms. The van der Waals surface area contributed by atoms with E-state index in [1.807, 2.05) is 12.1 Å². The highest BCUT2D eigenvalue weighted by Gasteiger charge is 2.30. The Labute approximate surface area is 82.2 Å². The molecule has 0 saturated heterocycles. The van der Waals surface area contributed by atoms with Gasteiger partial charge in [0, 0.05) is 12.1 Å². The van der Waals surface area contributed by atoms with E-state index in [9.17, 15) is 4.79 Å². The van der Waals surface area contributed by atoms with Crippen LogP contribution in [-0.4, -0.2) is 18.2 Å². The van der Waals surface area contributed by atoms with Crippen LogP contribution in [0.2, 0.25) is 0 Å². The van der Waals surface area contributed by atoms with Crippen molar-refractivity contribution in [3.8, 4) is 0 Å². The SMILES string of the molecule is C=CCN1C(=N)C(=O)c2ccccc21. The fourth-order valence-electron chi connectivity index (χ4n) is 1.59. The third-order valence-corrected chi connectivity index (χ3v) is 2.24. The van der Waals surface area contributed by atoms with Crippen molar-refractivity contribution in [3.63, 3.8) is 0 Å². The van der Waals surface area contributed by atoms with Crippen molar-refractivity contribution < 1.29 is 4.79 Å². The minimum atomic E-state index is -0.206. The zero-order chi connectivity index (χ0) is 10.1. The number of para-hydroxylation sites is 1. The Hall–Kier alpha value is -1.90. The number of fused-ring (bicyclic) bond motifs is 1. The lowest BCUT2D eigenvalue weighted by molar-refractivity contribution is 0.106. The number of hydrogen-bond donors (Lipinski definition) is 1. The molecule has 0 fully saturated rings. The summed E-state index contributed by atoms with van der Waals surface area (Å²) in [6.45, 7) is 4.11. The van der Waals surface area contributed by atoms with E-state index in [1.54, 1.807) is 23.1 Å². The Morgan fingerprint density at radius 1 is 1.43 bits per heavy atom. The van der Waals surface area contributed by atoms with E-state index in [2.05, 4.69) is 6.58 Å². The van der Waals surface area contributed by atoms with E-state index in [0.717, 1.165) is 5.69 Å². The number of ketones is 1. The summed E-state index contributed by atoms with van der Waals surface area (Å²) < 4.78 is 0. The molecule has 1 heterocycles. The second kappa shape index (κ2) is 3.10. The van der Waals surface area contributed by atoms with Crippen molar-refractivity contribution in [2.24, 2.45) is 0 Å². The third-order valence-electron chi connectivity index (χ3n) is 2.24. The molecular weight excluding hydrogens is 176 g/mol. The Morgan fingerprint density at radius 3 is 2.86 bits per heavy atom. The molecule has 0 atom stereocenters. The van der Waals surface area contributed by atoms with Gasteiger partial charge in [0.2, 0.25) is 5.78 Å². The number of carbonyl (C=O) groups excluding carboxylic acids is 1. The molecule has 0 saturated carbocycles. The first-order valence-electron chi connectivity index (χ1n) is 4.36. The molecule has 1 aliphatic rings. The summed E-state index contributed by atoms with van der Waals surface area (Å²) >= 11 is 0. The van der Waals surface area contributed by atoms with Crippen molar-refractivity contribution >= 4 is 17.3 Å². The fourth-order valence-corrected chi connectivity index (χ4v) is 1.59. The average Bonchev–Trinajstić information content (AvgIpc) is 2.45. The molecule has 0 amide bonds. The highest BCUT2D eigenvalue weighted by Crippen LogP contribution is 2.28. The largest absolute Gasteiger partial charge is 0.319 e. The summed E-state index contributed by atoms with van der Waals surface area (Å²) in [7, 11) is 0. The van der Waals surface area contributed by atoms with Gasteiger partial charge >= 0.3 is 0 Å². The van der Waals surface area contributed by atoms with Crippen molar-refractivity contribution in [3.05, 3.63) is 42.5 Å². The van der Waals surface area contributed by atoms with Crippen LogP contribution in [0.15, 0.2) is 36.9 Å². The number of amidine groups is 1. The number of carbonyl (C=O) groups is 1. The monoisotopic (exact) mass is 186 g/mol. The maximum absolute atomic E-state index is 11.6. The molecule has 3 heteroatoms. The highest BCUT2D eigenvalue weighted by molar-refractivity contribution is 6.53. The van der Waals surface area contributed by atoms with Gasteiger partial charge in [0.1, 0.15) is 0 Å². The van der Waals surface area contributed by atoms with Gasteiger partial charge in [-0.15, -0.1) is 6.58 Å². The molecule has 0 radical (unpaired) electrons. The Morgan fingerprint density at radius 2 is 2.14 bits per heavy atom. The van der Waals surface area contributed by atoms with Gasteiger partial charge < -0.3 is 4.90 Å². The molecule has 2 rings (SSSR count). The van der Waals surface area contributed by atoms with Crippen LogP contribution in [-0.2, 0) is 0 Å². The quantitative estimate of drug-likeness (QED) is 0.716. The van der Waals surface area contributed by atoms with E-state index in [1.165, 1.54) is 0 Å². The minimum absolute atomic E-state index is 0.0334. The van der Waals surface area contributed by atoms with Gasteiger partial charge in [-0.3, -0.25) is 10.2 Å². The molecule has 1 aliphatic heterocycles. The lowest BCUT2D eigenvalue weighted by atomic mass is 10.1. The van der Waals surface area contributed by atoms with E-state index in [-0.39, 0.29) is 11.6 Å². The number of nitrogens with zero attached hydrogens (tertiary/aromatic N) is 1. The summed E-state index contributed by atoms with van der Waals surface area (Å²) in [5.74, 6) is -0.173. The summed E-state index contributed by atoms with van der Waals surface area (Å²) in [6, 6.07) is 7.26. The van der Waals surface area contributed by atoms with Crippen LogP contribution in [0.4, 0.5) is 5.69 Å². The van der Waals surface area contributed by atoms with Crippen molar-refractivity contribution in [1.29, 1.82) is 5.41 Å². The second-order valence-corrected chi connectivity index (χ2v) is 3.09. The highest BCUT2D eigenvalue weighted by atomic mass is 16.1. The van der Waals surface area contributed by atoms with Crippen molar-refractivity contribution in [2.45, 2.75) is 0 Å². The van der Waals surface area contributed by atoms with Gasteiger partial charge in [0.25, 0.3) is 0 Å². The molecule has 0 bridgehead atoms. The van der Waals surface area contributed by atoms with Crippen LogP contribution in [0.25, 0.3) is 0 Å². The van der Waals surface area contributed by atoms with Gasteiger partial charge in [-0.2, -0.15) is 0 Å². The zero-order valence-corrected chi connectivity index (χ0v) is 7.66. The minimum Gasteiger partial charge on any atom is -0.319 e. The Kier molecular flexibility index (Phi) is 1.93. The first-order chi connectivity index (χ1) is 6.75. The van der Waals surface area contributed by atoms with E-state index < -0.39 is 0 Å². The van der Waals surface area contributed by atoms with Gasteiger partial charge in [-0.1, -0.05) is 18.2 Å². The van der Waals surface area contributed by atoms with Gasteiger partial charge in [0.15, 0.2) is 5.84 Å². The number of rotatable bonds is 2. The molecule has 0 aliphatic carbocycles. The number of Topliss-reactive ketones (excluding diaryl/α,β-unsaturated/α-hetero) is 1. The van der Waals surface area contributed by atoms with E-state index >= 15 is 0 Å². The normalized spacial score (nSPS) is 14.4. The summed E-state index contributed by atoms with van der Waals surface area (Å²) in [6.07, 6.45) is 1.68. The van der Waals surface area contributed by atoms with Crippen LogP contribution >= 0.6 is 0 Å². The van der Waals surface area contributed by atoms with Crippen LogP contribution < -0.4 is 4.90 Å². The molecule has 1 aromatic rings. The predicted molar refractivity (Wildman–Crippen MR) is 56.0 cm³/mol. The van der Waals surface area contributed by atoms with E-state index in [0.29, 0.717) is 12.1 Å². The van der Waals surface area contributed by atoms with Gasteiger partial charge in [-0.25, -0.2) is 0 Å². The topological polar surface area (TPSA) is 44.2 Å². The maximum atomic E-state index is 11.6. The standard InChI is InChI=1S/C11H10N2O/c1-2-7-13-9-6-4-3-5-8(9)10(14)11(13)12/h2-6,12H,1,7H2. The first kappa shape index (κ1) is 8.69. The van der Waals surface area contributed by atoms with Gasteiger partial charge in [-0.05, 0) is 12.1 Å². The molecular formula is C11H10N2O. The molecule has 3 nitrogen and oxygen atoms in total. The molecule has 1 N–H and O–H groups in total.